The van der Waals surface area contributed by atoms with Gasteiger partial charge in [-0.1, -0.05) is 35.9 Å². The van der Waals surface area contributed by atoms with Crippen LogP contribution < -0.4 is 10.2 Å². The highest BCUT2D eigenvalue weighted by Crippen LogP contribution is 2.34. The van der Waals surface area contributed by atoms with E-state index in [0.717, 1.165) is 22.5 Å². The molecule has 0 spiro atoms. The Balaban J connectivity index is 1.91. The number of para-hydroxylation sites is 1. The molecule has 2 amide bonds. The lowest BCUT2D eigenvalue weighted by Crippen LogP contribution is -2.36. The van der Waals surface area contributed by atoms with Gasteiger partial charge in [0.2, 0.25) is 11.8 Å². The summed E-state index contributed by atoms with van der Waals surface area (Å²) in [5, 5.41) is 2.82. The predicted molar refractivity (Wildman–Crippen MR) is 87.0 cm³/mol. The van der Waals surface area contributed by atoms with Gasteiger partial charge in [0.1, 0.15) is 0 Å². The summed E-state index contributed by atoms with van der Waals surface area (Å²) in [6.45, 7) is 2.01. The average molecular weight is 294 g/mol. The van der Waals surface area contributed by atoms with Gasteiger partial charge in [-0.05, 0) is 30.7 Å². The van der Waals surface area contributed by atoms with E-state index in [1.165, 1.54) is 0 Å². The van der Waals surface area contributed by atoms with Gasteiger partial charge in [-0.15, -0.1) is 0 Å². The van der Waals surface area contributed by atoms with Crippen molar-refractivity contribution in [1.82, 2.24) is 0 Å². The van der Waals surface area contributed by atoms with Gasteiger partial charge in [0, 0.05) is 24.8 Å². The van der Waals surface area contributed by atoms with E-state index in [4.69, 9.17) is 0 Å². The topological polar surface area (TPSA) is 49.4 Å². The Labute approximate surface area is 129 Å². The second-order valence-corrected chi connectivity index (χ2v) is 5.62. The number of rotatable bonds is 2. The third-order valence-corrected chi connectivity index (χ3v) is 4.05. The number of nitrogens with zero attached hydrogens (tertiary/aromatic N) is 1. The summed E-state index contributed by atoms with van der Waals surface area (Å²) in [4.78, 5) is 26.3. The molecule has 0 saturated heterocycles. The van der Waals surface area contributed by atoms with Crippen LogP contribution in [0.1, 0.15) is 23.5 Å². The van der Waals surface area contributed by atoms with Crippen LogP contribution in [-0.4, -0.2) is 18.9 Å². The third-order valence-electron chi connectivity index (χ3n) is 4.05. The minimum absolute atomic E-state index is 0.0637. The Morgan fingerprint density at radius 3 is 2.55 bits per heavy atom. The van der Waals surface area contributed by atoms with Crippen molar-refractivity contribution in [2.45, 2.75) is 19.3 Å². The lowest BCUT2D eigenvalue weighted by atomic mass is 9.89. The van der Waals surface area contributed by atoms with Gasteiger partial charge in [0.15, 0.2) is 0 Å². The molecule has 0 aliphatic carbocycles. The van der Waals surface area contributed by atoms with Crippen LogP contribution in [0.4, 0.5) is 11.4 Å². The summed E-state index contributed by atoms with van der Waals surface area (Å²) < 4.78 is 0. The average Bonchev–Trinajstić information content (AvgIpc) is 2.53. The zero-order chi connectivity index (χ0) is 15.7. The first kappa shape index (κ1) is 14.3. The number of hydrogen-bond donors (Lipinski definition) is 1. The van der Waals surface area contributed by atoms with E-state index >= 15 is 0 Å². The first-order chi connectivity index (χ1) is 10.6. The number of aryl methyl sites for hydroxylation is 1. The first-order valence-corrected chi connectivity index (χ1v) is 7.29. The summed E-state index contributed by atoms with van der Waals surface area (Å²) in [7, 11) is 1.75. The summed E-state index contributed by atoms with van der Waals surface area (Å²) in [5.74, 6) is -0.614. The maximum absolute atomic E-state index is 12.8. The van der Waals surface area contributed by atoms with E-state index < -0.39 is 5.92 Å². The predicted octanol–water partition coefficient (Wildman–Crippen LogP) is 3.08. The molecule has 0 radical (unpaired) electrons. The van der Waals surface area contributed by atoms with Gasteiger partial charge < -0.3 is 10.2 Å². The Kier molecular flexibility index (Phi) is 3.67. The molecule has 1 aliphatic rings. The summed E-state index contributed by atoms with van der Waals surface area (Å²) in [5.41, 5.74) is 3.59. The molecule has 2 aromatic rings. The second kappa shape index (κ2) is 5.64. The smallest absolute Gasteiger partial charge is 0.234 e. The number of nitrogens with one attached hydrogen (secondary N) is 1. The number of benzene rings is 2. The van der Waals surface area contributed by atoms with Crippen molar-refractivity contribution < 1.29 is 9.59 Å². The fourth-order valence-corrected chi connectivity index (χ4v) is 2.76. The normalized spacial score (nSPS) is 16.6. The van der Waals surface area contributed by atoms with Crippen molar-refractivity contribution in [3.05, 3.63) is 59.7 Å². The molecule has 4 heteroatoms. The number of carbonyl (C=O) groups excluding carboxylic acids is 2. The highest BCUT2D eigenvalue weighted by molar-refractivity contribution is 6.05. The first-order valence-electron chi connectivity index (χ1n) is 7.29. The number of hydrogen-bond acceptors (Lipinski definition) is 2. The molecule has 0 aromatic heterocycles. The number of carbonyl (C=O) groups is 2. The fourth-order valence-electron chi connectivity index (χ4n) is 2.76. The highest BCUT2D eigenvalue weighted by Gasteiger charge is 2.32. The lowest BCUT2D eigenvalue weighted by Gasteiger charge is -2.28. The van der Waals surface area contributed by atoms with Crippen LogP contribution in [0.2, 0.25) is 0 Å². The Morgan fingerprint density at radius 2 is 1.82 bits per heavy atom. The van der Waals surface area contributed by atoms with Crippen LogP contribution in [-0.2, 0) is 9.59 Å². The van der Waals surface area contributed by atoms with Gasteiger partial charge in [0.25, 0.3) is 0 Å². The van der Waals surface area contributed by atoms with Gasteiger partial charge >= 0.3 is 0 Å². The van der Waals surface area contributed by atoms with Crippen molar-refractivity contribution >= 4 is 23.2 Å². The number of likely N-dealkylation sites (N-methyl/N-ethyl adjacent to an activating group) is 1. The lowest BCUT2D eigenvalue weighted by molar-refractivity contribution is -0.124. The summed E-state index contributed by atoms with van der Waals surface area (Å²) in [6, 6.07) is 15.3. The van der Waals surface area contributed by atoms with Crippen molar-refractivity contribution in [2.75, 3.05) is 17.3 Å². The van der Waals surface area contributed by atoms with E-state index in [1.807, 2.05) is 55.5 Å². The van der Waals surface area contributed by atoms with Crippen molar-refractivity contribution in [1.29, 1.82) is 0 Å². The van der Waals surface area contributed by atoms with Crippen molar-refractivity contribution in [3.8, 4) is 0 Å². The molecule has 3 rings (SSSR count). The van der Waals surface area contributed by atoms with Crippen molar-refractivity contribution in [3.63, 3.8) is 0 Å². The quantitative estimate of drug-likeness (QED) is 0.925. The molecule has 1 heterocycles. The minimum atomic E-state index is -0.434. The SMILES string of the molecule is Cc1ccc(N(C)C(=O)C2CC(=O)Nc3ccccc32)cc1. The minimum Gasteiger partial charge on any atom is -0.326 e. The Morgan fingerprint density at radius 1 is 1.14 bits per heavy atom. The van der Waals surface area contributed by atoms with Crippen molar-refractivity contribution in [2.24, 2.45) is 0 Å². The maximum atomic E-state index is 12.8. The summed E-state index contributed by atoms with van der Waals surface area (Å²) >= 11 is 0. The highest BCUT2D eigenvalue weighted by atomic mass is 16.2. The standard InChI is InChI=1S/C18H18N2O2/c1-12-7-9-13(10-8-12)20(2)18(22)15-11-17(21)19-16-6-4-3-5-14(15)16/h3-10,15H,11H2,1-2H3,(H,19,21). The van der Waals surface area contributed by atoms with E-state index in [0.29, 0.717) is 0 Å². The number of amides is 2. The van der Waals surface area contributed by atoms with E-state index in [2.05, 4.69) is 5.32 Å². The summed E-state index contributed by atoms with van der Waals surface area (Å²) in [6.07, 6.45) is 0.187. The van der Waals surface area contributed by atoms with Gasteiger partial charge in [-0.3, -0.25) is 9.59 Å². The molecular weight excluding hydrogens is 276 g/mol. The number of fused-ring (bicyclic) bond motifs is 1. The second-order valence-electron chi connectivity index (χ2n) is 5.62. The van der Waals surface area contributed by atoms with Crippen LogP contribution in [0.3, 0.4) is 0 Å². The largest absolute Gasteiger partial charge is 0.326 e. The Bertz CT molecular complexity index is 722. The molecular formula is C18H18N2O2. The third kappa shape index (κ3) is 2.60. The molecule has 1 unspecified atom stereocenters. The molecule has 112 valence electrons. The zero-order valence-corrected chi connectivity index (χ0v) is 12.7. The molecule has 22 heavy (non-hydrogen) atoms. The maximum Gasteiger partial charge on any atom is 0.234 e. The van der Waals surface area contributed by atoms with Crippen LogP contribution >= 0.6 is 0 Å². The Hall–Kier alpha value is -2.62. The molecule has 0 fully saturated rings. The van der Waals surface area contributed by atoms with Gasteiger partial charge in [-0.2, -0.15) is 0 Å². The molecule has 0 bridgehead atoms. The number of anilines is 2. The molecule has 2 aromatic carbocycles. The van der Waals surface area contributed by atoms with Crippen LogP contribution in [0.25, 0.3) is 0 Å². The fraction of sp³-hybridized carbons (Fsp3) is 0.222. The van der Waals surface area contributed by atoms with Crippen LogP contribution in [0, 0.1) is 6.92 Å². The molecule has 1 N–H and O–H groups in total. The molecule has 0 saturated carbocycles. The van der Waals surface area contributed by atoms with E-state index in [1.54, 1.807) is 11.9 Å². The monoisotopic (exact) mass is 294 g/mol. The van der Waals surface area contributed by atoms with E-state index in [9.17, 15) is 9.59 Å². The zero-order valence-electron chi connectivity index (χ0n) is 12.7. The van der Waals surface area contributed by atoms with Crippen LogP contribution in [0.5, 0.6) is 0 Å². The van der Waals surface area contributed by atoms with Gasteiger partial charge in [-0.25, -0.2) is 0 Å². The molecule has 1 aliphatic heterocycles. The molecule has 4 nitrogen and oxygen atoms in total. The van der Waals surface area contributed by atoms with Crippen LogP contribution in [0.15, 0.2) is 48.5 Å². The van der Waals surface area contributed by atoms with E-state index in [-0.39, 0.29) is 18.2 Å². The molecule has 1 atom stereocenters. The van der Waals surface area contributed by atoms with Gasteiger partial charge in [0.05, 0.1) is 5.92 Å².